The van der Waals surface area contributed by atoms with Gasteiger partial charge in [0.2, 0.25) is 0 Å². The van der Waals surface area contributed by atoms with Crippen LogP contribution in [0, 0.1) is 5.82 Å². The number of benzene rings is 1. The molecule has 1 aromatic carbocycles. The Morgan fingerprint density at radius 2 is 1.90 bits per heavy atom. The number of anilines is 1. The van der Waals surface area contributed by atoms with E-state index < -0.39 is 21.8 Å². The van der Waals surface area contributed by atoms with Gasteiger partial charge in [-0.05, 0) is 30.3 Å². The van der Waals surface area contributed by atoms with Gasteiger partial charge in [0, 0.05) is 12.4 Å². The first kappa shape index (κ1) is 14.5. The molecule has 0 aliphatic rings. The minimum Gasteiger partial charge on any atom is -0.477 e. The van der Waals surface area contributed by atoms with Crippen LogP contribution >= 0.6 is 11.3 Å². The van der Waals surface area contributed by atoms with Crippen LogP contribution in [0.15, 0.2) is 40.6 Å². The topological polar surface area (TPSA) is 74.7 Å². The van der Waals surface area contributed by atoms with Gasteiger partial charge in [-0.25, -0.2) is 17.6 Å². The number of aromatic carboxylic acids is 1. The predicted molar refractivity (Wildman–Crippen MR) is 73.3 cm³/mol. The maximum absolute atomic E-state index is 12.8. The molecule has 20 heavy (non-hydrogen) atoms. The summed E-state index contributed by atoms with van der Waals surface area (Å²) in [5.74, 6) is -1.65. The van der Waals surface area contributed by atoms with Crippen LogP contribution in [0.2, 0.25) is 0 Å². The normalized spacial score (nSPS) is 11.3. The third-order valence-electron chi connectivity index (χ3n) is 2.63. The maximum Gasteiger partial charge on any atom is 0.345 e. The first-order valence-corrected chi connectivity index (χ1v) is 7.70. The third-order valence-corrected chi connectivity index (χ3v) is 5.47. The molecule has 2 rings (SSSR count). The molecule has 1 N–H and O–H groups in total. The Morgan fingerprint density at radius 1 is 1.30 bits per heavy atom. The zero-order valence-electron chi connectivity index (χ0n) is 10.3. The molecule has 0 fully saturated rings. The Bertz CT molecular complexity index is 737. The Balaban J connectivity index is 2.38. The van der Waals surface area contributed by atoms with Gasteiger partial charge in [0.15, 0.2) is 0 Å². The van der Waals surface area contributed by atoms with Gasteiger partial charge in [0.1, 0.15) is 10.7 Å². The van der Waals surface area contributed by atoms with Crippen molar-refractivity contribution in [3.05, 3.63) is 46.4 Å². The molecule has 0 amide bonds. The number of halogens is 1. The fraction of sp³-hybridized carbons (Fsp3) is 0.0833. The summed E-state index contributed by atoms with van der Waals surface area (Å²) < 4.78 is 38.4. The Hall–Kier alpha value is -1.93. The molecule has 2 aromatic rings. The van der Waals surface area contributed by atoms with E-state index in [1.54, 1.807) is 0 Å². The molecule has 5 nitrogen and oxygen atoms in total. The molecule has 0 spiro atoms. The molecular formula is C12H10FNO4S2. The van der Waals surface area contributed by atoms with Crippen LogP contribution < -0.4 is 4.31 Å². The summed E-state index contributed by atoms with van der Waals surface area (Å²) in [6.07, 6.45) is 0. The molecule has 0 bridgehead atoms. The second-order valence-corrected chi connectivity index (χ2v) is 6.78. The van der Waals surface area contributed by atoms with Crippen LogP contribution in [-0.2, 0) is 10.0 Å². The molecular weight excluding hydrogens is 305 g/mol. The highest BCUT2D eigenvalue weighted by atomic mass is 32.2. The highest BCUT2D eigenvalue weighted by Gasteiger charge is 2.24. The minimum atomic E-state index is -3.86. The van der Waals surface area contributed by atoms with E-state index >= 15 is 0 Å². The second kappa shape index (κ2) is 5.22. The number of nitrogens with zero attached hydrogens (tertiary/aromatic N) is 1. The van der Waals surface area contributed by atoms with E-state index in [-0.39, 0.29) is 15.5 Å². The zero-order chi connectivity index (χ0) is 14.9. The Morgan fingerprint density at radius 3 is 2.40 bits per heavy atom. The van der Waals surface area contributed by atoms with E-state index in [0.29, 0.717) is 0 Å². The van der Waals surface area contributed by atoms with E-state index in [4.69, 9.17) is 5.11 Å². The monoisotopic (exact) mass is 315 g/mol. The zero-order valence-corrected chi connectivity index (χ0v) is 11.9. The van der Waals surface area contributed by atoms with Gasteiger partial charge in [-0.3, -0.25) is 4.31 Å². The van der Waals surface area contributed by atoms with Crippen LogP contribution in [0.25, 0.3) is 0 Å². The van der Waals surface area contributed by atoms with Crippen molar-refractivity contribution in [3.8, 4) is 0 Å². The van der Waals surface area contributed by atoms with Crippen molar-refractivity contribution < 1.29 is 22.7 Å². The SMILES string of the molecule is CN(c1ccc(F)cc1)S(=O)(=O)c1csc(C(=O)O)c1. The number of carboxylic acid groups (broad SMARTS) is 1. The molecule has 0 atom stereocenters. The Kier molecular flexibility index (Phi) is 3.78. The lowest BCUT2D eigenvalue weighted by molar-refractivity contribution is 0.0702. The van der Waals surface area contributed by atoms with Gasteiger partial charge in [-0.1, -0.05) is 0 Å². The third kappa shape index (κ3) is 2.66. The summed E-state index contributed by atoms with van der Waals surface area (Å²) in [4.78, 5) is 10.6. The largest absolute Gasteiger partial charge is 0.477 e. The van der Waals surface area contributed by atoms with E-state index in [9.17, 15) is 17.6 Å². The van der Waals surface area contributed by atoms with E-state index in [0.717, 1.165) is 33.8 Å². The summed E-state index contributed by atoms with van der Waals surface area (Å²) in [6, 6.07) is 6.06. The molecule has 8 heteroatoms. The average molecular weight is 315 g/mol. The van der Waals surface area contributed by atoms with Gasteiger partial charge in [0.05, 0.1) is 10.6 Å². The summed E-state index contributed by atoms with van der Waals surface area (Å²) in [6.45, 7) is 0. The molecule has 1 aromatic heterocycles. The quantitative estimate of drug-likeness (QED) is 0.940. The van der Waals surface area contributed by atoms with Crippen molar-refractivity contribution in [3.63, 3.8) is 0 Å². The molecule has 0 saturated carbocycles. The average Bonchev–Trinajstić information content (AvgIpc) is 2.89. The predicted octanol–water partition coefficient (Wildman–Crippen LogP) is 2.41. The van der Waals surface area contributed by atoms with Gasteiger partial charge in [-0.15, -0.1) is 11.3 Å². The lowest BCUT2D eigenvalue weighted by Crippen LogP contribution is -2.26. The first-order valence-electron chi connectivity index (χ1n) is 5.38. The lowest BCUT2D eigenvalue weighted by atomic mass is 10.3. The molecule has 1 heterocycles. The Labute approximate surface area is 119 Å². The lowest BCUT2D eigenvalue weighted by Gasteiger charge is -2.18. The van der Waals surface area contributed by atoms with E-state index in [1.807, 2.05) is 0 Å². The number of hydrogen-bond donors (Lipinski definition) is 1. The van der Waals surface area contributed by atoms with Crippen molar-refractivity contribution in [1.82, 2.24) is 0 Å². The highest BCUT2D eigenvalue weighted by molar-refractivity contribution is 7.93. The fourth-order valence-electron chi connectivity index (χ4n) is 1.51. The maximum atomic E-state index is 12.8. The van der Waals surface area contributed by atoms with Crippen molar-refractivity contribution in [2.24, 2.45) is 0 Å². The summed E-state index contributed by atoms with van der Waals surface area (Å²) >= 11 is 0.834. The van der Waals surface area contributed by atoms with Crippen molar-refractivity contribution in [2.45, 2.75) is 4.90 Å². The number of hydrogen-bond acceptors (Lipinski definition) is 4. The molecule has 0 unspecified atom stereocenters. The number of carbonyl (C=O) groups is 1. The van der Waals surface area contributed by atoms with Crippen LogP contribution in [0.4, 0.5) is 10.1 Å². The second-order valence-electron chi connectivity index (χ2n) is 3.90. The number of thiophene rings is 1. The smallest absolute Gasteiger partial charge is 0.345 e. The number of carboxylic acids is 1. The van der Waals surface area contributed by atoms with Gasteiger partial charge < -0.3 is 5.11 Å². The molecule has 0 aliphatic carbocycles. The van der Waals surface area contributed by atoms with Gasteiger partial charge in [-0.2, -0.15) is 0 Å². The van der Waals surface area contributed by atoms with Crippen LogP contribution in [0.5, 0.6) is 0 Å². The number of rotatable bonds is 4. The molecule has 106 valence electrons. The summed E-state index contributed by atoms with van der Waals surface area (Å²) in [7, 11) is -2.54. The van der Waals surface area contributed by atoms with Gasteiger partial charge >= 0.3 is 5.97 Å². The highest BCUT2D eigenvalue weighted by Crippen LogP contribution is 2.25. The molecule has 0 aliphatic heterocycles. The summed E-state index contributed by atoms with van der Waals surface area (Å²) in [5, 5.41) is 10.1. The van der Waals surface area contributed by atoms with Crippen molar-refractivity contribution in [1.29, 1.82) is 0 Å². The van der Waals surface area contributed by atoms with Crippen molar-refractivity contribution >= 4 is 33.0 Å². The number of sulfonamides is 1. The van der Waals surface area contributed by atoms with E-state index in [1.165, 1.54) is 24.6 Å². The minimum absolute atomic E-state index is 0.0592. The molecule has 0 saturated heterocycles. The van der Waals surface area contributed by atoms with E-state index in [2.05, 4.69) is 0 Å². The van der Waals surface area contributed by atoms with Crippen molar-refractivity contribution in [2.75, 3.05) is 11.4 Å². The van der Waals surface area contributed by atoms with Crippen LogP contribution in [0.1, 0.15) is 9.67 Å². The summed E-state index contributed by atoms with van der Waals surface area (Å²) in [5.41, 5.74) is 0.287. The molecule has 0 radical (unpaired) electrons. The fourth-order valence-corrected chi connectivity index (χ4v) is 3.81. The van der Waals surface area contributed by atoms with Gasteiger partial charge in [0.25, 0.3) is 10.0 Å². The van der Waals surface area contributed by atoms with Crippen LogP contribution in [0.3, 0.4) is 0 Å². The van der Waals surface area contributed by atoms with Crippen LogP contribution in [-0.4, -0.2) is 26.5 Å². The first-order chi connectivity index (χ1) is 9.32. The standard InChI is InChI=1S/C12H10FNO4S2/c1-14(9-4-2-8(13)3-5-9)20(17,18)10-6-11(12(15)16)19-7-10/h2-7H,1H3,(H,15,16).